The Balaban J connectivity index is 1.40. The van der Waals surface area contributed by atoms with Gasteiger partial charge in [0.1, 0.15) is 0 Å². The highest BCUT2D eigenvalue weighted by Crippen LogP contribution is 2.22. The molecule has 0 spiro atoms. The number of carbonyl (C=O) groups excluding carboxylic acids is 1. The van der Waals surface area contributed by atoms with E-state index in [0.29, 0.717) is 5.92 Å². The molecule has 0 unspecified atom stereocenters. The number of hydrogen-bond acceptors (Lipinski definition) is 3. The van der Waals surface area contributed by atoms with E-state index in [1.807, 2.05) is 18.2 Å². The molecule has 1 atom stereocenters. The van der Waals surface area contributed by atoms with Crippen LogP contribution in [0.25, 0.3) is 11.0 Å². The third-order valence-electron chi connectivity index (χ3n) is 5.69. The van der Waals surface area contributed by atoms with Gasteiger partial charge in [0, 0.05) is 25.2 Å². The second kappa shape index (κ2) is 7.56. The van der Waals surface area contributed by atoms with Gasteiger partial charge in [0.25, 0.3) is 5.91 Å². The van der Waals surface area contributed by atoms with Crippen LogP contribution in [-0.4, -0.2) is 58.4 Å². The molecule has 2 aliphatic heterocycles. The lowest BCUT2D eigenvalue weighted by molar-refractivity contribution is 0.0641. The summed E-state index contributed by atoms with van der Waals surface area (Å²) >= 11 is 0. The normalized spacial score (nSPS) is 22.9. The zero-order chi connectivity index (χ0) is 17.1. The van der Waals surface area contributed by atoms with Crippen molar-refractivity contribution in [2.24, 2.45) is 5.92 Å². The highest BCUT2D eigenvalue weighted by Gasteiger charge is 2.26. The fourth-order valence-electron chi connectivity index (χ4n) is 4.33. The van der Waals surface area contributed by atoms with Crippen LogP contribution in [0, 0.1) is 5.92 Å². The summed E-state index contributed by atoms with van der Waals surface area (Å²) < 4.78 is 0. The van der Waals surface area contributed by atoms with Gasteiger partial charge in [-0.2, -0.15) is 0 Å². The van der Waals surface area contributed by atoms with E-state index in [2.05, 4.69) is 19.8 Å². The van der Waals surface area contributed by atoms with E-state index in [0.717, 1.165) is 42.7 Å². The minimum absolute atomic E-state index is 0.164. The molecular formula is C20H28N4O. The first-order chi connectivity index (χ1) is 12.3. The van der Waals surface area contributed by atoms with Gasteiger partial charge in [-0.1, -0.05) is 12.8 Å². The Kier molecular flexibility index (Phi) is 5.02. The Bertz CT molecular complexity index is 717. The molecule has 0 aliphatic carbocycles. The van der Waals surface area contributed by atoms with Crippen LogP contribution in [0.3, 0.4) is 0 Å². The maximum atomic E-state index is 12.9. The molecular weight excluding hydrogens is 312 g/mol. The zero-order valence-electron chi connectivity index (χ0n) is 14.9. The van der Waals surface area contributed by atoms with Crippen LogP contribution in [0.4, 0.5) is 0 Å². The number of amides is 1. The van der Waals surface area contributed by atoms with Crippen LogP contribution in [0.5, 0.6) is 0 Å². The first kappa shape index (κ1) is 16.6. The number of carbonyl (C=O) groups is 1. The van der Waals surface area contributed by atoms with Crippen molar-refractivity contribution >= 4 is 16.9 Å². The Labute approximate surface area is 149 Å². The number of H-pyrrole nitrogens is 1. The maximum Gasteiger partial charge on any atom is 0.253 e. The zero-order valence-corrected chi connectivity index (χ0v) is 14.9. The molecule has 0 saturated carbocycles. The predicted octanol–water partition coefficient (Wildman–Crippen LogP) is 3.29. The van der Waals surface area contributed by atoms with E-state index in [-0.39, 0.29) is 5.91 Å². The molecule has 2 fully saturated rings. The van der Waals surface area contributed by atoms with Crippen molar-refractivity contribution in [1.82, 2.24) is 19.8 Å². The standard InChI is InChI=1S/C20H28N4O/c25-20(17-7-8-18-19(12-17)22-15-21-18)24-11-5-6-16(14-24)13-23-9-3-1-2-4-10-23/h7-8,12,15-16H,1-6,9-11,13-14H2,(H,21,22)/t16-/m0/s1. The van der Waals surface area contributed by atoms with Crippen molar-refractivity contribution in [1.29, 1.82) is 0 Å². The molecule has 0 bridgehead atoms. The fraction of sp³-hybridized carbons (Fsp3) is 0.600. The summed E-state index contributed by atoms with van der Waals surface area (Å²) in [6.07, 6.45) is 9.47. The first-order valence-corrected chi connectivity index (χ1v) is 9.74. The van der Waals surface area contributed by atoms with Crippen LogP contribution in [0.2, 0.25) is 0 Å². The molecule has 1 aromatic heterocycles. The van der Waals surface area contributed by atoms with Gasteiger partial charge in [0.2, 0.25) is 0 Å². The van der Waals surface area contributed by atoms with Crippen LogP contribution in [0.15, 0.2) is 24.5 Å². The molecule has 25 heavy (non-hydrogen) atoms. The van der Waals surface area contributed by atoms with E-state index in [1.165, 1.54) is 45.2 Å². The second-order valence-corrected chi connectivity index (χ2v) is 7.61. The molecule has 4 rings (SSSR count). The predicted molar refractivity (Wildman–Crippen MR) is 99.6 cm³/mol. The van der Waals surface area contributed by atoms with Gasteiger partial charge in [0.15, 0.2) is 0 Å². The Morgan fingerprint density at radius 2 is 1.96 bits per heavy atom. The first-order valence-electron chi connectivity index (χ1n) is 9.74. The number of fused-ring (bicyclic) bond motifs is 1. The minimum atomic E-state index is 0.164. The lowest BCUT2D eigenvalue weighted by atomic mass is 9.96. The average Bonchev–Trinajstić information content (AvgIpc) is 2.97. The number of imidazole rings is 1. The van der Waals surface area contributed by atoms with Gasteiger partial charge >= 0.3 is 0 Å². The number of hydrogen-bond donors (Lipinski definition) is 1. The molecule has 134 valence electrons. The molecule has 0 radical (unpaired) electrons. The summed E-state index contributed by atoms with van der Waals surface area (Å²) in [5.74, 6) is 0.781. The molecule has 3 heterocycles. The number of rotatable bonds is 3. The van der Waals surface area contributed by atoms with Gasteiger partial charge in [-0.3, -0.25) is 4.79 Å². The van der Waals surface area contributed by atoms with Crippen molar-refractivity contribution in [2.75, 3.05) is 32.7 Å². The molecule has 5 nitrogen and oxygen atoms in total. The number of aromatic nitrogens is 2. The highest BCUT2D eigenvalue weighted by atomic mass is 16.2. The quantitative estimate of drug-likeness (QED) is 0.933. The lowest BCUT2D eigenvalue weighted by Gasteiger charge is -2.35. The highest BCUT2D eigenvalue weighted by molar-refractivity contribution is 5.97. The van der Waals surface area contributed by atoms with Crippen molar-refractivity contribution in [3.8, 4) is 0 Å². The number of piperidine rings is 1. The molecule has 1 N–H and O–H groups in total. The summed E-state index contributed by atoms with van der Waals surface area (Å²) in [6.45, 7) is 5.41. The van der Waals surface area contributed by atoms with E-state index in [1.54, 1.807) is 6.33 Å². The van der Waals surface area contributed by atoms with E-state index < -0.39 is 0 Å². The van der Waals surface area contributed by atoms with Crippen LogP contribution in [-0.2, 0) is 0 Å². The van der Waals surface area contributed by atoms with E-state index in [9.17, 15) is 4.79 Å². The average molecular weight is 340 g/mol. The van der Waals surface area contributed by atoms with Gasteiger partial charge in [-0.15, -0.1) is 0 Å². The number of aromatic amines is 1. The van der Waals surface area contributed by atoms with Crippen LogP contribution < -0.4 is 0 Å². The van der Waals surface area contributed by atoms with Gasteiger partial charge in [-0.05, 0) is 62.9 Å². The monoisotopic (exact) mass is 340 g/mol. The van der Waals surface area contributed by atoms with E-state index in [4.69, 9.17) is 0 Å². The molecule has 2 aromatic rings. The second-order valence-electron chi connectivity index (χ2n) is 7.61. The van der Waals surface area contributed by atoms with Gasteiger partial charge in [-0.25, -0.2) is 4.98 Å². The van der Waals surface area contributed by atoms with Crippen molar-refractivity contribution < 1.29 is 4.79 Å². The summed E-state index contributed by atoms with van der Waals surface area (Å²) in [6, 6.07) is 5.77. The number of nitrogens with zero attached hydrogens (tertiary/aromatic N) is 3. The molecule has 1 aromatic carbocycles. The number of benzene rings is 1. The number of likely N-dealkylation sites (tertiary alicyclic amines) is 2. The topological polar surface area (TPSA) is 52.2 Å². The summed E-state index contributed by atoms with van der Waals surface area (Å²) in [7, 11) is 0. The number of nitrogens with one attached hydrogen (secondary N) is 1. The Morgan fingerprint density at radius 3 is 2.80 bits per heavy atom. The van der Waals surface area contributed by atoms with Crippen molar-refractivity contribution in [2.45, 2.75) is 38.5 Å². The van der Waals surface area contributed by atoms with Crippen molar-refractivity contribution in [3.63, 3.8) is 0 Å². The summed E-state index contributed by atoms with van der Waals surface area (Å²) in [5.41, 5.74) is 2.62. The molecule has 1 amide bonds. The fourth-order valence-corrected chi connectivity index (χ4v) is 4.33. The summed E-state index contributed by atoms with van der Waals surface area (Å²) in [4.78, 5) is 25.0. The lowest BCUT2D eigenvalue weighted by Crippen LogP contribution is -2.44. The van der Waals surface area contributed by atoms with Crippen LogP contribution in [0.1, 0.15) is 48.9 Å². The molecule has 2 saturated heterocycles. The Hall–Kier alpha value is -1.88. The SMILES string of the molecule is O=C(c1ccc2nc[nH]c2c1)N1CCC[C@@H](CN2CCCCCC2)C1. The van der Waals surface area contributed by atoms with E-state index >= 15 is 0 Å². The van der Waals surface area contributed by atoms with Gasteiger partial charge in [0.05, 0.1) is 17.4 Å². The third kappa shape index (κ3) is 3.87. The smallest absolute Gasteiger partial charge is 0.253 e. The largest absolute Gasteiger partial charge is 0.345 e. The Morgan fingerprint density at radius 1 is 1.12 bits per heavy atom. The maximum absolute atomic E-state index is 12.9. The van der Waals surface area contributed by atoms with Crippen molar-refractivity contribution in [3.05, 3.63) is 30.1 Å². The van der Waals surface area contributed by atoms with Gasteiger partial charge < -0.3 is 14.8 Å². The summed E-state index contributed by atoms with van der Waals surface area (Å²) in [5, 5.41) is 0. The third-order valence-corrected chi connectivity index (χ3v) is 5.69. The minimum Gasteiger partial charge on any atom is -0.345 e. The van der Waals surface area contributed by atoms with Crippen LogP contribution >= 0.6 is 0 Å². The molecule has 2 aliphatic rings. The molecule has 5 heteroatoms.